The van der Waals surface area contributed by atoms with Crippen molar-refractivity contribution >= 4 is 25.7 Å². The molecule has 344 valence electrons. The Morgan fingerprint density at radius 1 is 0.610 bits per heavy atom. The molecule has 12 nitrogen and oxygen atoms in total. The van der Waals surface area contributed by atoms with Gasteiger partial charge in [-0.2, -0.15) is 0 Å². The van der Waals surface area contributed by atoms with Gasteiger partial charge in [0.15, 0.2) is 6.10 Å². The molecule has 0 heterocycles. The normalized spacial score (nSPS) is 14.5. The van der Waals surface area contributed by atoms with Gasteiger partial charge in [0, 0.05) is 12.8 Å². The zero-order valence-corrected chi connectivity index (χ0v) is 37.9. The van der Waals surface area contributed by atoms with Crippen molar-refractivity contribution in [2.45, 2.75) is 218 Å². The average Bonchev–Trinajstić information content (AvgIpc) is 3.21. The number of hydrogen-bond donors (Lipinski definition) is 4. The predicted molar refractivity (Wildman–Crippen MR) is 237 cm³/mol. The number of hydrogen-bond acceptors (Lipinski definition) is 10. The van der Waals surface area contributed by atoms with Crippen LogP contribution in [-0.4, -0.2) is 71.1 Å². The largest absolute Gasteiger partial charge is 0.480 e. The highest BCUT2D eigenvalue weighted by Crippen LogP contribution is 2.43. The second-order valence-electron chi connectivity index (χ2n) is 15.7. The van der Waals surface area contributed by atoms with E-state index in [1.165, 1.54) is 96.3 Å². The van der Waals surface area contributed by atoms with Gasteiger partial charge in [-0.25, -0.2) is 4.57 Å². The van der Waals surface area contributed by atoms with Gasteiger partial charge < -0.3 is 30.3 Å². The van der Waals surface area contributed by atoms with Crippen molar-refractivity contribution in [1.29, 1.82) is 0 Å². The molecule has 0 saturated carbocycles. The summed E-state index contributed by atoms with van der Waals surface area (Å²) in [5.41, 5.74) is 5.33. The lowest BCUT2D eigenvalue weighted by molar-refractivity contribution is -0.161. The zero-order chi connectivity index (χ0) is 43.7. The minimum absolute atomic E-state index is 0.0930. The monoisotopic (exact) mass is 858 g/mol. The van der Waals surface area contributed by atoms with E-state index in [1.807, 2.05) is 18.2 Å². The van der Waals surface area contributed by atoms with Crippen molar-refractivity contribution in [3.8, 4) is 0 Å². The van der Waals surface area contributed by atoms with Gasteiger partial charge in [-0.05, 0) is 32.1 Å². The second-order valence-corrected chi connectivity index (χ2v) is 17.2. The van der Waals surface area contributed by atoms with Crippen LogP contribution in [0.2, 0.25) is 0 Å². The quantitative estimate of drug-likeness (QED) is 0.0149. The first-order valence-electron chi connectivity index (χ1n) is 23.1. The number of aliphatic carboxylic acids is 1. The smallest absolute Gasteiger partial charge is 0.472 e. The van der Waals surface area contributed by atoms with Crippen LogP contribution in [0.1, 0.15) is 200 Å². The fourth-order valence-electron chi connectivity index (χ4n) is 6.37. The number of phosphoric acid groups is 1. The van der Waals surface area contributed by atoms with E-state index in [2.05, 4.69) is 30.5 Å². The summed E-state index contributed by atoms with van der Waals surface area (Å²) in [4.78, 5) is 46.0. The maximum absolute atomic E-state index is 12.6. The van der Waals surface area contributed by atoms with Crippen LogP contribution in [-0.2, 0) is 37.5 Å². The van der Waals surface area contributed by atoms with E-state index in [4.69, 9.17) is 24.8 Å². The number of carboxylic acid groups (broad SMARTS) is 1. The van der Waals surface area contributed by atoms with Gasteiger partial charge >= 0.3 is 25.7 Å². The molecule has 13 heteroatoms. The summed E-state index contributed by atoms with van der Waals surface area (Å²) in [7, 11) is -4.74. The van der Waals surface area contributed by atoms with Crippen LogP contribution < -0.4 is 5.73 Å². The third-order valence-electron chi connectivity index (χ3n) is 10.0. The van der Waals surface area contributed by atoms with E-state index in [-0.39, 0.29) is 19.4 Å². The molecule has 4 atom stereocenters. The molecule has 0 radical (unpaired) electrons. The molecule has 0 aliphatic rings. The number of aliphatic hydroxyl groups excluding tert-OH is 1. The molecule has 0 amide bonds. The highest BCUT2D eigenvalue weighted by atomic mass is 31.2. The summed E-state index contributed by atoms with van der Waals surface area (Å²) in [6.45, 7) is 2.59. The molecule has 0 aliphatic carbocycles. The van der Waals surface area contributed by atoms with Crippen molar-refractivity contribution in [3.05, 3.63) is 36.5 Å². The number of esters is 2. The van der Waals surface area contributed by atoms with Gasteiger partial charge in [0.05, 0.1) is 19.3 Å². The number of unbranched alkanes of at least 4 members (excludes halogenated alkanes) is 22. The van der Waals surface area contributed by atoms with E-state index < -0.39 is 57.2 Å². The Morgan fingerprint density at radius 3 is 1.59 bits per heavy atom. The Morgan fingerprint density at radius 2 is 1.08 bits per heavy atom. The number of carbonyl (C=O) groups excluding carboxylic acids is 2. The first-order valence-corrected chi connectivity index (χ1v) is 24.6. The Balaban J connectivity index is 4.35. The van der Waals surface area contributed by atoms with E-state index in [0.29, 0.717) is 19.3 Å². The number of rotatable bonds is 43. The Hall–Kier alpha value is -2.34. The minimum atomic E-state index is -4.74. The molecule has 0 aromatic heterocycles. The molecule has 2 unspecified atom stereocenters. The first-order chi connectivity index (χ1) is 28.5. The third-order valence-corrected chi connectivity index (χ3v) is 11.0. The molecule has 0 spiro atoms. The predicted octanol–water partition coefficient (Wildman–Crippen LogP) is 11.4. The SMILES string of the molecule is CC/C=C/C/C=C/C=C/C(O)CCCCCCCC(=O)O[C@H](COC(=O)CCCCCCCCCCCCCCCCCCCCC)COP(=O)(O)OC[C@H](N)C(=O)O. The van der Waals surface area contributed by atoms with Crippen molar-refractivity contribution in [2.24, 2.45) is 5.73 Å². The molecule has 59 heavy (non-hydrogen) atoms. The molecule has 0 rings (SSSR count). The van der Waals surface area contributed by atoms with Crippen molar-refractivity contribution < 1.29 is 52.6 Å². The summed E-state index contributed by atoms with van der Waals surface area (Å²) in [5.74, 6) is -2.46. The summed E-state index contributed by atoms with van der Waals surface area (Å²) in [5, 5.41) is 19.0. The van der Waals surface area contributed by atoms with E-state index in [0.717, 1.165) is 57.8 Å². The summed E-state index contributed by atoms with van der Waals surface area (Å²) in [6.07, 6.45) is 40.9. The number of aliphatic hydroxyl groups is 1. The van der Waals surface area contributed by atoms with Crippen LogP contribution >= 0.6 is 7.82 Å². The highest BCUT2D eigenvalue weighted by Gasteiger charge is 2.28. The second kappa shape index (κ2) is 41.0. The zero-order valence-electron chi connectivity index (χ0n) is 37.0. The van der Waals surface area contributed by atoms with Crippen LogP contribution in [0.4, 0.5) is 0 Å². The van der Waals surface area contributed by atoms with E-state index in [9.17, 15) is 28.9 Å². The fourth-order valence-corrected chi connectivity index (χ4v) is 7.15. The number of ether oxygens (including phenoxy) is 2. The first kappa shape index (κ1) is 56.7. The van der Waals surface area contributed by atoms with Gasteiger partial charge in [-0.1, -0.05) is 192 Å². The molecular formula is C46H84NO11P. The van der Waals surface area contributed by atoms with Crippen LogP contribution in [0.15, 0.2) is 36.5 Å². The molecular weight excluding hydrogens is 773 g/mol. The van der Waals surface area contributed by atoms with Crippen LogP contribution in [0, 0.1) is 0 Å². The maximum Gasteiger partial charge on any atom is 0.472 e. The average molecular weight is 858 g/mol. The lowest BCUT2D eigenvalue weighted by Gasteiger charge is -2.20. The van der Waals surface area contributed by atoms with Crippen LogP contribution in [0.3, 0.4) is 0 Å². The number of phosphoric ester groups is 1. The van der Waals surface area contributed by atoms with Gasteiger partial charge in [0.25, 0.3) is 0 Å². The molecule has 0 aromatic carbocycles. The lowest BCUT2D eigenvalue weighted by Crippen LogP contribution is -2.34. The Labute approximate surface area is 357 Å². The Kier molecular flexibility index (Phi) is 39.4. The van der Waals surface area contributed by atoms with Gasteiger partial charge in [0.2, 0.25) is 0 Å². The molecule has 0 bridgehead atoms. The number of carbonyl (C=O) groups is 3. The van der Waals surface area contributed by atoms with Crippen LogP contribution in [0.25, 0.3) is 0 Å². The molecule has 0 aliphatic heterocycles. The number of allylic oxidation sites excluding steroid dienone is 5. The third kappa shape index (κ3) is 40.8. The van der Waals surface area contributed by atoms with E-state index in [1.54, 1.807) is 6.08 Å². The standard InChI is InChI=1S/C46H84NO11P/c1-3-5-7-9-11-12-13-14-15-16-17-18-19-20-21-22-24-28-32-36-44(49)55-38-42(39-56-59(53,54)57-40-43(47)46(51)52)58-45(50)37-33-29-25-27-31-35-41(48)34-30-26-23-10-8-6-4-2/h6,8,23,26,30,34,41-43,48H,3-5,7,9-22,24-25,27-29,31-33,35-40,47H2,1-2H3,(H,51,52)(H,53,54)/b8-6+,26-23+,34-30+/t41?,42-,43+/m1/s1. The Bertz CT molecular complexity index is 1160. The number of nitrogens with two attached hydrogens (primary N) is 1. The van der Waals surface area contributed by atoms with Gasteiger partial charge in [-0.3, -0.25) is 23.4 Å². The summed E-state index contributed by atoms with van der Waals surface area (Å²) >= 11 is 0. The lowest BCUT2D eigenvalue weighted by atomic mass is 10.0. The molecule has 0 saturated heterocycles. The maximum atomic E-state index is 12.6. The molecule has 5 N–H and O–H groups in total. The topological polar surface area (TPSA) is 192 Å². The molecule has 0 fully saturated rings. The van der Waals surface area contributed by atoms with Gasteiger partial charge in [-0.15, -0.1) is 0 Å². The minimum Gasteiger partial charge on any atom is -0.480 e. The van der Waals surface area contributed by atoms with Crippen molar-refractivity contribution in [2.75, 3.05) is 19.8 Å². The molecule has 0 aromatic rings. The van der Waals surface area contributed by atoms with Crippen LogP contribution in [0.5, 0.6) is 0 Å². The highest BCUT2D eigenvalue weighted by molar-refractivity contribution is 7.47. The van der Waals surface area contributed by atoms with Crippen molar-refractivity contribution in [1.82, 2.24) is 0 Å². The van der Waals surface area contributed by atoms with Crippen molar-refractivity contribution in [3.63, 3.8) is 0 Å². The number of carboxylic acids is 1. The summed E-state index contributed by atoms with van der Waals surface area (Å²) in [6, 6.07) is -1.54. The van der Waals surface area contributed by atoms with E-state index >= 15 is 0 Å². The fraction of sp³-hybridized carbons (Fsp3) is 0.804. The summed E-state index contributed by atoms with van der Waals surface area (Å²) < 4.78 is 32.7. The van der Waals surface area contributed by atoms with Gasteiger partial charge in [0.1, 0.15) is 12.6 Å².